The van der Waals surface area contributed by atoms with Crippen LogP contribution in [0.1, 0.15) is 0 Å². The summed E-state index contributed by atoms with van der Waals surface area (Å²) in [6, 6.07) is 2.37. The Hall–Kier alpha value is -0.660. The molecule has 0 saturated heterocycles. The Morgan fingerprint density at radius 2 is 2.43 bits per heavy atom. The predicted molar refractivity (Wildman–Crippen MR) is 27.7 cm³/mol. The van der Waals surface area contributed by atoms with Crippen LogP contribution in [0.4, 0.5) is 0 Å². The van der Waals surface area contributed by atoms with Crippen LogP contribution >= 0.6 is 0 Å². The summed E-state index contributed by atoms with van der Waals surface area (Å²) >= 11 is 0. The van der Waals surface area contributed by atoms with Crippen molar-refractivity contribution in [2.75, 3.05) is 20.9 Å². The highest BCUT2D eigenvalue weighted by Gasteiger charge is 1.62. The third kappa shape index (κ3) is 5.34. The second-order valence-electron chi connectivity index (χ2n) is 0.899. The maximum atomic E-state index is 4.55. The largest absolute Gasteiger partial charge is 0.362 e. The maximum absolute atomic E-state index is 4.55. The minimum Gasteiger partial charge on any atom is -0.362 e. The molecule has 7 heavy (non-hydrogen) atoms. The molecule has 0 amide bonds. The first-order valence-corrected chi connectivity index (χ1v) is 1.91. The SMILES string of the molecule is CN=C=NCOC. The van der Waals surface area contributed by atoms with E-state index < -0.39 is 0 Å². The van der Waals surface area contributed by atoms with Crippen LogP contribution < -0.4 is 0 Å². The second-order valence-corrected chi connectivity index (χ2v) is 0.899. The molecule has 0 aliphatic heterocycles. The fourth-order valence-electron chi connectivity index (χ4n) is 0.164. The van der Waals surface area contributed by atoms with Gasteiger partial charge >= 0.3 is 0 Å². The Morgan fingerprint density at radius 3 is 2.86 bits per heavy atom. The molecular weight excluding hydrogens is 92.1 g/mol. The fraction of sp³-hybridized carbons (Fsp3) is 0.750. The van der Waals surface area contributed by atoms with Gasteiger partial charge in [0, 0.05) is 14.2 Å². The average Bonchev–Trinajstić information content (AvgIpc) is 1.69. The first kappa shape index (κ1) is 6.34. The number of hydrogen-bond donors (Lipinski definition) is 0. The monoisotopic (exact) mass is 100 g/mol. The van der Waals surface area contributed by atoms with Crippen LogP contribution in [0, 0.1) is 0 Å². The van der Waals surface area contributed by atoms with Gasteiger partial charge in [0.1, 0.15) is 6.73 Å². The summed E-state index contributed by atoms with van der Waals surface area (Å²) in [6.07, 6.45) is 0. The van der Waals surface area contributed by atoms with Gasteiger partial charge < -0.3 is 4.74 Å². The molecule has 0 saturated carbocycles. The molecule has 0 spiro atoms. The molecule has 0 unspecified atom stereocenters. The first-order valence-electron chi connectivity index (χ1n) is 1.91. The van der Waals surface area contributed by atoms with Crippen molar-refractivity contribution in [1.29, 1.82) is 0 Å². The molecule has 0 atom stereocenters. The third-order valence-corrected chi connectivity index (χ3v) is 0.364. The van der Waals surface area contributed by atoms with Gasteiger partial charge in [0.2, 0.25) is 0 Å². The van der Waals surface area contributed by atoms with E-state index in [-0.39, 0.29) is 0 Å². The molecule has 0 fully saturated rings. The van der Waals surface area contributed by atoms with Crippen molar-refractivity contribution in [3.8, 4) is 0 Å². The topological polar surface area (TPSA) is 34.0 Å². The van der Waals surface area contributed by atoms with Crippen molar-refractivity contribution in [1.82, 2.24) is 0 Å². The minimum atomic E-state index is 0.345. The van der Waals surface area contributed by atoms with Crippen molar-refractivity contribution in [2.24, 2.45) is 9.98 Å². The van der Waals surface area contributed by atoms with Gasteiger partial charge in [-0.05, 0) is 0 Å². The molecule has 0 aromatic carbocycles. The molecule has 0 rings (SSSR count). The van der Waals surface area contributed by atoms with E-state index in [1.807, 2.05) is 0 Å². The zero-order chi connectivity index (χ0) is 5.54. The summed E-state index contributed by atoms with van der Waals surface area (Å²) in [5.74, 6) is 0. The van der Waals surface area contributed by atoms with Crippen LogP contribution in [-0.2, 0) is 4.74 Å². The van der Waals surface area contributed by atoms with Gasteiger partial charge in [0.15, 0.2) is 0 Å². The molecule has 0 N–H and O–H groups in total. The highest BCUT2D eigenvalue weighted by atomic mass is 16.5. The lowest BCUT2D eigenvalue weighted by Crippen LogP contribution is -1.78. The van der Waals surface area contributed by atoms with Gasteiger partial charge in [-0.2, -0.15) is 4.99 Å². The average molecular weight is 100 g/mol. The van der Waals surface area contributed by atoms with Crippen LogP contribution in [0.3, 0.4) is 0 Å². The standard InChI is InChI=1S/C4H8N2O/c1-5-3-6-4-7-2/h4H2,1-2H3. The molecule has 0 aromatic rings. The minimum absolute atomic E-state index is 0.345. The summed E-state index contributed by atoms with van der Waals surface area (Å²) < 4.78 is 4.55. The normalized spacial score (nSPS) is 7.14. The number of methoxy groups -OCH3 is 1. The Bertz CT molecular complexity index is 83.7. The predicted octanol–water partition coefficient (Wildman–Crippen LogP) is 0.394. The van der Waals surface area contributed by atoms with Gasteiger partial charge in [0.05, 0.1) is 6.01 Å². The number of ether oxygens (including phenoxy) is 1. The smallest absolute Gasteiger partial charge is 0.147 e. The molecule has 0 aliphatic carbocycles. The number of nitrogens with zero attached hydrogens (tertiary/aromatic N) is 2. The molecule has 0 heterocycles. The number of hydrogen-bond acceptors (Lipinski definition) is 3. The van der Waals surface area contributed by atoms with E-state index in [4.69, 9.17) is 0 Å². The van der Waals surface area contributed by atoms with Gasteiger partial charge in [-0.1, -0.05) is 0 Å². The van der Waals surface area contributed by atoms with E-state index in [2.05, 4.69) is 20.7 Å². The van der Waals surface area contributed by atoms with Crippen molar-refractivity contribution in [2.45, 2.75) is 0 Å². The zero-order valence-corrected chi connectivity index (χ0v) is 4.51. The molecule has 3 heteroatoms. The highest BCUT2D eigenvalue weighted by Crippen LogP contribution is 1.62. The lowest BCUT2D eigenvalue weighted by molar-refractivity contribution is 0.209. The number of rotatable bonds is 2. The number of aliphatic imine (C=N–C) groups is 2. The molecule has 0 radical (unpaired) electrons. The summed E-state index contributed by atoms with van der Waals surface area (Å²) in [5, 5.41) is 0. The maximum Gasteiger partial charge on any atom is 0.147 e. The molecular formula is C4H8N2O. The van der Waals surface area contributed by atoms with Crippen molar-refractivity contribution < 1.29 is 4.74 Å². The van der Waals surface area contributed by atoms with Crippen LogP contribution in [-0.4, -0.2) is 26.9 Å². The summed E-state index contributed by atoms with van der Waals surface area (Å²) in [5.41, 5.74) is 0. The zero-order valence-electron chi connectivity index (χ0n) is 4.51. The van der Waals surface area contributed by atoms with E-state index in [0.29, 0.717) is 6.73 Å². The van der Waals surface area contributed by atoms with Crippen LogP contribution in [0.5, 0.6) is 0 Å². The lowest BCUT2D eigenvalue weighted by Gasteiger charge is -1.79. The summed E-state index contributed by atoms with van der Waals surface area (Å²) in [7, 11) is 3.18. The van der Waals surface area contributed by atoms with Crippen molar-refractivity contribution in [3.05, 3.63) is 0 Å². The molecule has 0 bridgehead atoms. The summed E-state index contributed by atoms with van der Waals surface area (Å²) in [6.45, 7) is 0.345. The quantitative estimate of drug-likeness (QED) is 0.462. The molecule has 0 aliphatic rings. The van der Waals surface area contributed by atoms with Crippen LogP contribution in [0.2, 0.25) is 0 Å². The van der Waals surface area contributed by atoms with Crippen LogP contribution in [0.15, 0.2) is 9.98 Å². The van der Waals surface area contributed by atoms with Gasteiger partial charge in [-0.3, -0.25) is 0 Å². The Labute approximate surface area is 42.7 Å². The first-order chi connectivity index (χ1) is 3.41. The highest BCUT2D eigenvalue weighted by molar-refractivity contribution is 5.40. The Morgan fingerprint density at radius 1 is 1.71 bits per heavy atom. The lowest BCUT2D eigenvalue weighted by atomic mass is 11.2. The molecule has 40 valence electrons. The van der Waals surface area contributed by atoms with E-state index in [1.54, 1.807) is 14.2 Å². The fourth-order valence-corrected chi connectivity index (χ4v) is 0.164. The van der Waals surface area contributed by atoms with E-state index in [1.165, 1.54) is 0 Å². The van der Waals surface area contributed by atoms with Crippen molar-refractivity contribution in [3.63, 3.8) is 0 Å². The van der Waals surface area contributed by atoms with Gasteiger partial charge in [-0.15, -0.1) is 0 Å². The molecule has 3 nitrogen and oxygen atoms in total. The van der Waals surface area contributed by atoms with Gasteiger partial charge in [0.25, 0.3) is 0 Å². The van der Waals surface area contributed by atoms with E-state index in [9.17, 15) is 0 Å². The second kappa shape index (κ2) is 5.34. The Balaban J connectivity index is 3.10. The van der Waals surface area contributed by atoms with E-state index in [0.717, 1.165) is 0 Å². The molecule has 0 aromatic heterocycles. The Kier molecular flexibility index (Phi) is 4.84. The third-order valence-electron chi connectivity index (χ3n) is 0.364. The van der Waals surface area contributed by atoms with Crippen LogP contribution in [0.25, 0.3) is 0 Å². The van der Waals surface area contributed by atoms with Gasteiger partial charge in [-0.25, -0.2) is 4.99 Å². The summed E-state index contributed by atoms with van der Waals surface area (Å²) in [4.78, 5) is 7.05. The van der Waals surface area contributed by atoms with E-state index >= 15 is 0 Å². The van der Waals surface area contributed by atoms with Crippen molar-refractivity contribution >= 4 is 6.01 Å².